The molecule has 1 heterocycles. The zero-order chi connectivity index (χ0) is 9.52. The second kappa shape index (κ2) is 5.62. The van der Waals surface area contributed by atoms with Gasteiger partial charge in [-0.2, -0.15) is 0 Å². The quantitative estimate of drug-likeness (QED) is 0.673. The maximum absolute atomic E-state index is 10.9. The van der Waals surface area contributed by atoms with Gasteiger partial charge in [0, 0.05) is 18.7 Å². The first-order valence-corrected chi connectivity index (χ1v) is 4.91. The molecule has 0 aliphatic carbocycles. The fraction of sp³-hybridized carbons (Fsp3) is 0.700. The number of ether oxygens (including phenoxy) is 1. The minimum absolute atomic E-state index is 0.0997. The van der Waals surface area contributed by atoms with Gasteiger partial charge in [-0.25, -0.2) is 0 Å². The molecule has 1 rings (SSSR count). The van der Waals surface area contributed by atoms with Crippen LogP contribution in [0.1, 0.15) is 32.6 Å². The summed E-state index contributed by atoms with van der Waals surface area (Å²) in [6, 6.07) is 0. The van der Waals surface area contributed by atoms with Crippen LogP contribution in [0.2, 0.25) is 0 Å². The first-order valence-electron chi connectivity index (χ1n) is 4.91. The summed E-state index contributed by atoms with van der Waals surface area (Å²) in [5.41, 5.74) is 1.21. The van der Waals surface area contributed by atoms with Crippen LogP contribution in [0.4, 0.5) is 0 Å². The van der Waals surface area contributed by atoms with Gasteiger partial charge in [0.15, 0.2) is 0 Å². The third-order valence-electron chi connectivity index (χ3n) is 2.00. The van der Waals surface area contributed by atoms with Gasteiger partial charge in [-0.15, -0.1) is 0 Å². The van der Waals surface area contributed by atoms with Crippen molar-refractivity contribution in [1.82, 2.24) is 5.32 Å². The van der Waals surface area contributed by atoms with Gasteiger partial charge in [-0.1, -0.05) is 6.92 Å². The molecule has 13 heavy (non-hydrogen) atoms. The van der Waals surface area contributed by atoms with Gasteiger partial charge in [0.25, 0.3) is 0 Å². The topological polar surface area (TPSA) is 38.3 Å². The highest BCUT2D eigenvalue weighted by Crippen LogP contribution is 2.07. The molecule has 0 radical (unpaired) electrons. The molecule has 0 aromatic carbocycles. The highest BCUT2D eigenvalue weighted by atomic mass is 16.5. The maximum Gasteiger partial charge on any atom is 0.306 e. The molecule has 1 fully saturated rings. The molecule has 0 aromatic rings. The average molecular weight is 183 g/mol. The van der Waals surface area contributed by atoms with E-state index in [1.54, 1.807) is 0 Å². The summed E-state index contributed by atoms with van der Waals surface area (Å²) >= 11 is 0. The lowest BCUT2D eigenvalue weighted by molar-refractivity contribution is -0.142. The van der Waals surface area contributed by atoms with E-state index in [1.165, 1.54) is 12.1 Å². The summed E-state index contributed by atoms with van der Waals surface area (Å²) in [7, 11) is 0. The highest BCUT2D eigenvalue weighted by molar-refractivity contribution is 5.69. The van der Waals surface area contributed by atoms with Gasteiger partial charge in [-0.05, 0) is 25.3 Å². The highest BCUT2D eigenvalue weighted by Gasteiger charge is 2.04. The molecular formula is C10H17NO2. The van der Waals surface area contributed by atoms with Crippen LogP contribution in [0.3, 0.4) is 0 Å². The van der Waals surface area contributed by atoms with Crippen molar-refractivity contribution in [3.05, 3.63) is 11.8 Å². The second-order valence-corrected chi connectivity index (χ2v) is 3.19. The lowest BCUT2D eigenvalue weighted by atomic mass is 10.3. The predicted octanol–water partition coefficient (Wildman–Crippen LogP) is 1.60. The monoisotopic (exact) mass is 183 g/mol. The van der Waals surface area contributed by atoms with E-state index in [0.29, 0.717) is 13.0 Å². The number of carbonyl (C=O) groups is 1. The van der Waals surface area contributed by atoms with Crippen molar-refractivity contribution >= 4 is 5.97 Å². The number of hydrogen-bond acceptors (Lipinski definition) is 3. The summed E-state index contributed by atoms with van der Waals surface area (Å²) in [4.78, 5) is 10.9. The van der Waals surface area contributed by atoms with E-state index >= 15 is 0 Å². The third kappa shape index (κ3) is 3.97. The van der Waals surface area contributed by atoms with Crippen molar-refractivity contribution in [3.8, 4) is 0 Å². The van der Waals surface area contributed by atoms with Gasteiger partial charge >= 0.3 is 5.97 Å². The van der Waals surface area contributed by atoms with Crippen LogP contribution in [0.15, 0.2) is 11.8 Å². The number of nitrogens with one attached hydrogen (secondary N) is 1. The first kappa shape index (κ1) is 10.1. The van der Waals surface area contributed by atoms with E-state index in [2.05, 4.69) is 5.32 Å². The number of hydrogen-bond donors (Lipinski definition) is 1. The Balaban J connectivity index is 2.11. The van der Waals surface area contributed by atoms with Crippen molar-refractivity contribution in [2.24, 2.45) is 0 Å². The molecule has 1 N–H and O–H groups in total. The Morgan fingerprint density at radius 3 is 3.15 bits per heavy atom. The van der Waals surface area contributed by atoms with Crippen LogP contribution in [-0.4, -0.2) is 19.1 Å². The summed E-state index contributed by atoms with van der Waals surface area (Å²) in [6.45, 7) is 3.44. The Labute approximate surface area is 79.2 Å². The molecular weight excluding hydrogens is 166 g/mol. The van der Waals surface area contributed by atoms with Gasteiger partial charge in [0.2, 0.25) is 0 Å². The zero-order valence-electron chi connectivity index (χ0n) is 8.14. The van der Waals surface area contributed by atoms with Crippen LogP contribution >= 0.6 is 0 Å². The number of rotatable bonds is 4. The molecule has 0 amide bonds. The minimum atomic E-state index is -0.0997. The average Bonchev–Trinajstić information content (AvgIpc) is 2.57. The third-order valence-corrected chi connectivity index (χ3v) is 2.00. The molecule has 1 aliphatic rings. The van der Waals surface area contributed by atoms with E-state index in [4.69, 9.17) is 4.74 Å². The van der Waals surface area contributed by atoms with Gasteiger partial charge < -0.3 is 10.1 Å². The normalized spacial score (nSPS) is 18.7. The van der Waals surface area contributed by atoms with Crippen molar-refractivity contribution in [2.45, 2.75) is 32.6 Å². The fourth-order valence-corrected chi connectivity index (χ4v) is 1.30. The Kier molecular flexibility index (Phi) is 4.36. The molecule has 0 spiro atoms. The minimum Gasteiger partial charge on any atom is -0.461 e. The standard InChI is InChI=1S/C10H17NO2/c1-2-4-10(12)13-8-6-9-5-3-7-11-9/h6,11H,2-5,7-8H2,1H3/b9-6+. The summed E-state index contributed by atoms with van der Waals surface area (Å²) in [6.07, 6.45) is 5.62. The Morgan fingerprint density at radius 2 is 2.54 bits per heavy atom. The molecule has 3 heteroatoms. The van der Waals surface area contributed by atoms with E-state index in [1.807, 2.05) is 13.0 Å². The van der Waals surface area contributed by atoms with Gasteiger partial charge in [-0.3, -0.25) is 4.79 Å². The van der Waals surface area contributed by atoms with Crippen molar-refractivity contribution in [2.75, 3.05) is 13.2 Å². The van der Waals surface area contributed by atoms with E-state index in [-0.39, 0.29) is 5.97 Å². The number of carbonyl (C=O) groups excluding carboxylic acids is 1. The van der Waals surface area contributed by atoms with Crippen molar-refractivity contribution in [3.63, 3.8) is 0 Å². The first-order chi connectivity index (χ1) is 6.33. The summed E-state index contributed by atoms with van der Waals surface area (Å²) in [5, 5.41) is 3.23. The van der Waals surface area contributed by atoms with Crippen LogP contribution in [0, 0.1) is 0 Å². The Bertz CT molecular complexity index is 191. The molecule has 1 saturated heterocycles. The molecule has 0 aromatic heterocycles. The molecule has 3 nitrogen and oxygen atoms in total. The molecule has 1 aliphatic heterocycles. The van der Waals surface area contributed by atoms with Crippen molar-refractivity contribution in [1.29, 1.82) is 0 Å². The lowest BCUT2D eigenvalue weighted by Crippen LogP contribution is -2.07. The van der Waals surface area contributed by atoms with Crippen LogP contribution < -0.4 is 5.32 Å². The van der Waals surface area contributed by atoms with Crippen LogP contribution in [-0.2, 0) is 9.53 Å². The van der Waals surface area contributed by atoms with E-state index in [9.17, 15) is 4.79 Å². The number of esters is 1. The molecule has 0 saturated carbocycles. The largest absolute Gasteiger partial charge is 0.461 e. The Morgan fingerprint density at radius 1 is 1.69 bits per heavy atom. The molecule has 74 valence electrons. The maximum atomic E-state index is 10.9. The SMILES string of the molecule is CCCC(=O)OC/C=C1\CCCN1. The van der Waals surface area contributed by atoms with E-state index in [0.717, 1.165) is 19.4 Å². The fourth-order valence-electron chi connectivity index (χ4n) is 1.30. The van der Waals surface area contributed by atoms with Crippen LogP contribution in [0.25, 0.3) is 0 Å². The smallest absolute Gasteiger partial charge is 0.306 e. The summed E-state index contributed by atoms with van der Waals surface area (Å²) in [5.74, 6) is -0.0997. The summed E-state index contributed by atoms with van der Waals surface area (Å²) < 4.78 is 4.99. The Hall–Kier alpha value is -0.990. The molecule has 0 bridgehead atoms. The van der Waals surface area contributed by atoms with Crippen molar-refractivity contribution < 1.29 is 9.53 Å². The predicted molar refractivity (Wildman–Crippen MR) is 51.2 cm³/mol. The van der Waals surface area contributed by atoms with Crippen LogP contribution in [0.5, 0.6) is 0 Å². The lowest BCUT2D eigenvalue weighted by Gasteiger charge is -2.01. The molecule has 0 unspecified atom stereocenters. The van der Waals surface area contributed by atoms with Gasteiger partial charge in [0.1, 0.15) is 6.61 Å². The second-order valence-electron chi connectivity index (χ2n) is 3.19. The number of allylic oxidation sites excluding steroid dienone is 1. The zero-order valence-corrected chi connectivity index (χ0v) is 8.14. The van der Waals surface area contributed by atoms with E-state index < -0.39 is 0 Å². The molecule has 0 atom stereocenters. The van der Waals surface area contributed by atoms with Gasteiger partial charge in [0.05, 0.1) is 0 Å².